The molecule has 2 aromatic carbocycles. The number of hydrogen-bond acceptors (Lipinski definition) is 3. The van der Waals surface area contributed by atoms with Gasteiger partial charge in [-0.3, -0.25) is 14.4 Å². The number of nitrogens with one attached hydrogen (secondary N) is 2. The first-order valence-corrected chi connectivity index (χ1v) is 8.49. The quantitative estimate of drug-likeness (QED) is 0.657. The zero-order chi connectivity index (χ0) is 18.9. The second-order valence-electron chi connectivity index (χ2n) is 5.71. The smallest absolute Gasteiger partial charge is 0.251 e. The minimum atomic E-state index is -0.602. The highest BCUT2D eigenvalue weighted by atomic mass is 35.5. The highest BCUT2D eigenvalue weighted by Crippen LogP contribution is 2.16. The van der Waals surface area contributed by atoms with Crippen molar-refractivity contribution >= 4 is 29.3 Å². The largest absolute Gasteiger partial charge is 0.368 e. The summed E-state index contributed by atoms with van der Waals surface area (Å²) in [7, 11) is 0. The Labute approximate surface area is 156 Å². The third kappa shape index (κ3) is 6.22. The first-order valence-electron chi connectivity index (χ1n) is 8.11. The summed E-state index contributed by atoms with van der Waals surface area (Å²) in [5.74, 6) is -1.05. The normalized spacial score (nSPS) is 10.2. The predicted octanol–water partition coefficient (Wildman–Crippen LogP) is 1.80. The summed E-state index contributed by atoms with van der Waals surface area (Å²) in [6, 6.07) is 14.2. The Hall–Kier alpha value is -2.86. The molecule has 0 saturated carbocycles. The maximum atomic E-state index is 12.0. The van der Waals surface area contributed by atoms with Gasteiger partial charge in [0.1, 0.15) is 0 Å². The monoisotopic (exact) mass is 373 g/mol. The van der Waals surface area contributed by atoms with Crippen molar-refractivity contribution in [1.29, 1.82) is 0 Å². The first-order chi connectivity index (χ1) is 12.5. The van der Waals surface area contributed by atoms with E-state index in [-0.39, 0.29) is 18.4 Å². The average molecular weight is 374 g/mol. The highest BCUT2D eigenvalue weighted by molar-refractivity contribution is 6.31. The lowest BCUT2D eigenvalue weighted by Gasteiger charge is -2.08. The van der Waals surface area contributed by atoms with Crippen molar-refractivity contribution in [3.05, 3.63) is 70.2 Å². The molecule has 0 bridgehead atoms. The maximum absolute atomic E-state index is 12.0. The van der Waals surface area contributed by atoms with Crippen LogP contribution in [0.3, 0.4) is 0 Å². The molecule has 2 rings (SSSR count). The fraction of sp³-hybridized carbons (Fsp3) is 0.211. The van der Waals surface area contributed by atoms with Crippen LogP contribution >= 0.6 is 11.6 Å². The number of carbonyl (C=O) groups is 3. The van der Waals surface area contributed by atoms with Crippen molar-refractivity contribution in [2.75, 3.05) is 6.54 Å². The maximum Gasteiger partial charge on any atom is 0.251 e. The number of carbonyl (C=O) groups excluding carboxylic acids is 3. The van der Waals surface area contributed by atoms with Gasteiger partial charge in [0.05, 0.1) is 6.54 Å². The van der Waals surface area contributed by atoms with Gasteiger partial charge in [-0.1, -0.05) is 41.9 Å². The molecular formula is C19H20ClN3O3. The lowest BCUT2D eigenvalue weighted by molar-refractivity contribution is -0.121. The number of rotatable bonds is 8. The minimum Gasteiger partial charge on any atom is -0.368 e. The van der Waals surface area contributed by atoms with Crippen molar-refractivity contribution in [2.45, 2.75) is 19.4 Å². The van der Waals surface area contributed by atoms with Gasteiger partial charge < -0.3 is 16.4 Å². The molecule has 0 atom stereocenters. The van der Waals surface area contributed by atoms with Gasteiger partial charge in [0.15, 0.2) is 0 Å². The Bertz CT molecular complexity index is 791. The number of benzene rings is 2. The number of primary amides is 1. The Morgan fingerprint density at radius 1 is 0.962 bits per heavy atom. The van der Waals surface area contributed by atoms with Crippen molar-refractivity contribution in [3.8, 4) is 0 Å². The Morgan fingerprint density at radius 3 is 2.31 bits per heavy atom. The van der Waals surface area contributed by atoms with E-state index in [1.54, 1.807) is 30.3 Å². The Kier molecular flexibility index (Phi) is 7.17. The van der Waals surface area contributed by atoms with Crippen LogP contribution in [-0.2, 0) is 22.6 Å². The van der Waals surface area contributed by atoms with Crippen LogP contribution in [0, 0.1) is 0 Å². The van der Waals surface area contributed by atoms with Crippen LogP contribution < -0.4 is 16.4 Å². The molecule has 0 heterocycles. The van der Waals surface area contributed by atoms with Gasteiger partial charge in [-0.05, 0) is 35.7 Å². The van der Waals surface area contributed by atoms with Crippen LogP contribution in [0.25, 0.3) is 0 Å². The van der Waals surface area contributed by atoms with Crippen LogP contribution in [-0.4, -0.2) is 24.3 Å². The second-order valence-corrected chi connectivity index (χ2v) is 6.12. The van der Waals surface area contributed by atoms with E-state index in [1.807, 2.05) is 18.2 Å². The SMILES string of the molecule is NC(=O)CNC(=O)c1ccc(CNC(=O)CCc2ccccc2Cl)cc1. The molecule has 0 saturated heterocycles. The molecule has 3 amide bonds. The fourth-order valence-electron chi connectivity index (χ4n) is 2.28. The minimum absolute atomic E-state index is 0.0757. The van der Waals surface area contributed by atoms with Crippen molar-refractivity contribution in [2.24, 2.45) is 5.73 Å². The molecule has 0 aliphatic carbocycles. The summed E-state index contributed by atoms with van der Waals surface area (Å²) in [5.41, 5.74) is 7.20. The van der Waals surface area contributed by atoms with Gasteiger partial charge in [-0.15, -0.1) is 0 Å². The van der Waals surface area contributed by atoms with E-state index in [0.29, 0.717) is 30.0 Å². The molecule has 0 radical (unpaired) electrons. The topological polar surface area (TPSA) is 101 Å². The lowest BCUT2D eigenvalue weighted by atomic mass is 10.1. The molecule has 26 heavy (non-hydrogen) atoms. The summed E-state index contributed by atoms with van der Waals surface area (Å²) in [6.07, 6.45) is 0.918. The number of halogens is 1. The third-order valence-electron chi connectivity index (χ3n) is 3.71. The number of hydrogen-bond donors (Lipinski definition) is 3. The summed E-state index contributed by atoms with van der Waals surface area (Å²) < 4.78 is 0. The zero-order valence-corrected chi connectivity index (χ0v) is 14.9. The summed E-state index contributed by atoms with van der Waals surface area (Å²) in [6.45, 7) is 0.159. The van der Waals surface area contributed by atoms with E-state index >= 15 is 0 Å². The number of nitrogens with two attached hydrogens (primary N) is 1. The third-order valence-corrected chi connectivity index (χ3v) is 4.08. The Balaban J connectivity index is 1.78. The second kappa shape index (κ2) is 9.58. The number of amides is 3. The van der Waals surface area contributed by atoms with Gasteiger partial charge in [-0.25, -0.2) is 0 Å². The molecule has 0 fully saturated rings. The summed E-state index contributed by atoms with van der Waals surface area (Å²) in [5, 5.41) is 5.90. The van der Waals surface area contributed by atoms with E-state index in [4.69, 9.17) is 17.3 Å². The molecule has 136 valence electrons. The Morgan fingerprint density at radius 2 is 1.65 bits per heavy atom. The molecule has 6 nitrogen and oxygen atoms in total. The van der Waals surface area contributed by atoms with Crippen LogP contribution in [0.4, 0.5) is 0 Å². The molecule has 7 heteroatoms. The van der Waals surface area contributed by atoms with Crippen LogP contribution in [0.15, 0.2) is 48.5 Å². The van der Waals surface area contributed by atoms with Gasteiger partial charge in [0.25, 0.3) is 5.91 Å². The lowest BCUT2D eigenvalue weighted by Crippen LogP contribution is -2.33. The molecule has 0 aromatic heterocycles. The van der Waals surface area contributed by atoms with Crippen molar-refractivity contribution in [1.82, 2.24) is 10.6 Å². The molecule has 0 spiro atoms. The predicted molar refractivity (Wildman–Crippen MR) is 99.6 cm³/mol. The summed E-state index contributed by atoms with van der Waals surface area (Å²) in [4.78, 5) is 34.4. The van der Waals surface area contributed by atoms with Gasteiger partial charge in [0.2, 0.25) is 11.8 Å². The zero-order valence-electron chi connectivity index (χ0n) is 14.1. The van der Waals surface area contributed by atoms with Gasteiger partial charge >= 0.3 is 0 Å². The first kappa shape index (κ1) is 19.5. The van der Waals surface area contributed by atoms with Crippen LogP contribution in [0.1, 0.15) is 27.9 Å². The fourth-order valence-corrected chi connectivity index (χ4v) is 2.51. The van der Waals surface area contributed by atoms with Crippen LogP contribution in [0.5, 0.6) is 0 Å². The average Bonchev–Trinajstić information content (AvgIpc) is 2.64. The molecule has 2 aromatic rings. The van der Waals surface area contributed by atoms with Crippen molar-refractivity contribution in [3.63, 3.8) is 0 Å². The molecule has 0 aliphatic rings. The standard InChI is InChI=1S/C19H20ClN3O3/c20-16-4-2-1-3-14(16)9-10-18(25)22-11-13-5-7-15(8-6-13)19(26)23-12-17(21)24/h1-8H,9-12H2,(H2,21,24)(H,22,25)(H,23,26). The van der Waals surface area contributed by atoms with E-state index in [0.717, 1.165) is 11.1 Å². The van der Waals surface area contributed by atoms with E-state index in [1.165, 1.54) is 0 Å². The van der Waals surface area contributed by atoms with Crippen molar-refractivity contribution < 1.29 is 14.4 Å². The van der Waals surface area contributed by atoms with E-state index in [2.05, 4.69) is 10.6 Å². The van der Waals surface area contributed by atoms with Crippen LogP contribution in [0.2, 0.25) is 5.02 Å². The van der Waals surface area contributed by atoms with Gasteiger partial charge in [0, 0.05) is 23.6 Å². The van der Waals surface area contributed by atoms with E-state index < -0.39 is 5.91 Å². The number of aryl methyl sites for hydroxylation is 1. The molecular weight excluding hydrogens is 354 g/mol. The molecule has 0 unspecified atom stereocenters. The van der Waals surface area contributed by atoms with Gasteiger partial charge in [-0.2, -0.15) is 0 Å². The molecule has 4 N–H and O–H groups in total. The highest BCUT2D eigenvalue weighted by Gasteiger charge is 2.07. The van der Waals surface area contributed by atoms with E-state index in [9.17, 15) is 14.4 Å². The molecule has 0 aliphatic heterocycles. The summed E-state index contributed by atoms with van der Waals surface area (Å²) >= 11 is 6.07.